The normalized spacial score (nSPS) is 13.0. The Morgan fingerprint density at radius 1 is 1.26 bits per heavy atom. The number of aryl methyl sites for hydroxylation is 1. The van der Waals surface area contributed by atoms with E-state index in [4.69, 9.17) is 0 Å². The minimum Gasteiger partial charge on any atom is -0.322 e. The van der Waals surface area contributed by atoms with Gasteiger partial charge in [-0.15, -0.1) is 0 Å². The number of hydrogen-bond acceptors (Lipinski definition) is 4. The third-order valence-electron chi connectivity index (χ3n) is 4.81. The van der Waals surface area contributed by atoms with Crippen LogP contribution in [-0.4, -0.2) is 23.3 Å². The molecule has 0 atom stereocenters. The monoisotopic (exact) mass is 367 g/mol. The molecule has 0 bridgehead atoms. The number of nitrogens with one attached hydrogen (secondary N) is 1. The third kappa shape index (κ3) is 3.67. The van der Waals surface area contributed by atoms with Crippen molar-refractivity contribution in [3.63, 3.8) is 0 Å². The number of fused-ring (bicyclic) bond motifs is 1. The van der Waals surface area contributed by atoms with Crippen LogP contribution in [0.1, 0.15) is 41.3 Å². The second-order valence-electron chi connectivity index (χ2n) is 6.51. The van der Waals surface area contributed by atoms with E-state index >= 15 is 0 Å². The van der Waals surface area contributed by atoms with Gasteiger partial charge in [0.15, 0.2) is 0 Å². The van der Waals surface area contributed by atoms with Crippen LogP contribution in [0, 0.1) is 17.0 Å². The first-order chi connectivity index (χ1) is 12.9. The van der Waals surface area contributed by atoms with Crippen LogP contribution in [0.4, 0.5) is 17.1 Å². The van der Waals surface area contributed by atoms with E-state index in [1.165, 1.54) is 12.1 Å². The van der Waals surface area contributed by atoms with Gasteiger partial charge in [-0.25, -0.2) is 0 Å². The van der Waals surface area contributed by atoms with E-state index in [-0.39, 0.29) is 17.2 Å². The fourth-order valence-corrected chi connectivity index (χ4v) is 3.37. The molecular weight excluding hydrogens is 346 g/mol. The third-order valence-corrected chi connectivity index (χ3v) is 4.81. The van der Waals surface area contributed by atoms with Gasteiger partial charge in [0, 0.05) is 41.5 Å². The predicted molar refractivity (Wildman–Crippen MR) is 103 cm³/mol. The maximum atomic E-state index is 12.6. The van der Waals surface area contributed by atoms with E-state index in [1.54, 1.807) is 30.0 Å². The second-order valence-corrected chi connectivity index (χ2v) is 6.51. The molecule has 0 aromatic heterocycles. The summed E-state index contributed by atoms with van der Waals surface area (Å²) >= 11 is 0. The van der Waals surface area contributed by atoms with Gasteiger partial charge in [0.1, 0.15) is 0 Å². The van der Waals surface area contributed by atoms with E-state index in [0.717, 1.165) is 24.1 Å². The highest BCUT2D eigenvalue weighted by Gasteiger charge is 2.23. The summed E-state index contributed by atoms with van der Waals surface area (Å²) in [6.07, 6.45) is 2.22. The zero-order valence-electron chi connectivity index (χ0n) is 15.3. The Morgan fingerprint density at radius 3 is 2.74 bits per heavy atom. The first kappa shape index (κ1) is 18.6. The summed E-state index contributed by atoms with van der Waals surface area (Å²) in [5.74, 6) is -0.366. The summed E-state index contributed by atoms with van der Waals surface area (Å²) in [6.45, 7) is 4.05. The van der Waals surface area contributed by atoms with Crippen LogP contribution in [0.2, 0.25) is 0 Å². The van der Waals surface area contributed by atoms with E-state index in [2.05, 4.69) is 5.32 Å². The molecule has 0 radical (unpaired) electrons. The number of carbonyl (C=O) groups excluding carboxylic acids is 2. The Bertz CT molecular complexity index is 923. The van der Waals surface area contributed by atoms with E-state index in [9.17, 15) is 19.7 Å². The molecular formula is C20H21N3O4. The highest BCUT2D eigenvalue weighted by atomic mass is 16.6. The molecule has 2 aromatic carbocycles. The predicted octanol–water partition coefficient (Wildman–Crippen LogP) is 3.84. The molecule has 1 aliphatic rings. The van der Waals surface area contributed by atoms with Gasteiger partial charge in [-0.1, -0.05) is 19.1 Å². The lowest BCUT2D eigenvalue weighted by molar-refractivity contribution is -0.385. The molecule has 0 saturated carbocycles. The summed E-state index contributed by atoms with van der Waals surface area (Å²) in [4.78, 5) is 37.2. The smallest absolute Gasteiger partial charge is 0.273 e. The van der Waals surface area contributed by atoms with Gasteiger partial charge in [0.25, 0.3) is 11.6 Å². The van der Waals surface area contributed by atoms with Crippen molar-refractivity contribution in [2.45, 2.75) is 33.1 Å². The molecule has 0 aliphatic carbocycles. The summed E-state index contributed by atoms with van der Waals surface area (Å²) in [5.41, 5.74) is 2.94. The fraction of sp³-hybridized carbons (Fsp3) is 0.300. The van der Waals surface area contributed by atoms with Crippen LogP contribution in [0.25, 0.3) is 0 Å². The molecule has 2 aromatic rings. The number of nitro groups is 1. The van der Waals surface area contributed by atoms with Crippen molar-refractivity contribution in [1.82, 2.24) is 0 Å². The highest BCUT2D eigenvalue weighted by molar-refractivity contribution is 6.06. The molecule has 1 N–H and O–H groups in total. The van der Waals surface area contributed by atoms with E-state index < -0.39 is 10.8 Å². The maximum absolute atomic E-state index is 12.6. The Labute approximate surface area is 157 Å². The molecule has 7 nitrogen and oxygen atoms in total. The standard InChI is InChI=1S/C20H21N3O4/c1-3-19(24)22-11-5-6-14-9-10-15(12-18(14)22)21-20(25)16-7-4-8-17(13(16)2)23(26)27/h4,7-10,12H,3,5-6,11H2,1-2H3,(H,21,25). The zero-order valence-corrected chi connectivity index (χ0v) is 15.3. The minimum absolute atomic E-state index is 0.0500. The summed E-state index contributed by atoms with van der Waals surface area (Å²) < 4.78 is 0. The fourth-order valence-electron chi connectivity index (χ4n) is 3.37. The number of carbonyl (C=O) groups is 2. The number of amides is 2. The SMILES string of the molecule is CCC(=O)N1CCCc2ccc(NC(=O)c3cccc([N+](=O)[O-])c3C)cc21. The molecule has 1 aliphatic heterocycles. The lowest BCUT2D eigenvalue weighted by atomic mass is 10.0. The molecule has 0 spiro atoms. The average molecular weight is 367 g/mol. The van der Waals surface area contributed by atoms with Gasteiger partial charge in [-0.3, -0.25) is 19.7 Å². The Hall–Kier alpha value is -3.22. The minimum atomic E-state index is -0.501. The Morgan fingerprint density at radius 2 is 2.04 bits per heavy atom. The van der Waals surface area contributed by atoms with Gasteiger partial charge in [0.05, 0.1) is 4.92 Å². The number of nitrogens with zero attached hydrogens (tertiary/aromatic N) is 2. The van der Waals surface area contributed by atoms with Crippen molar-refractivity contribution in [3.05, 3.63) is 63.2 Å². The topological polar surface area (TPSA) is 92.6 Å². The number of nitro benzene ring substituents is 1. The summed E-state index contributed by atoms with van der Waals surface area (Å²) in [6, 6.07) is 9.94. The number of anilines is 2. The van der Waals surface area contributed by atoms with Crippen LogP contribution in [0.15, 0.2) is 36.4 Å². The Balaban J connectivity index is 1.89. The van der Waals surface area contributed by atoms with E-state index in [0.29, 0.717) is 24.2 Å². The van der Waals surface area contributed by atoms with Gasteiger partial charge in [-0.2, -0.15) is 0 Å². The molecule has 2 amide bonds. The summed E-state index contributed by atoms with van der Waals surface area (Å²) in [7, 11) is 0. The lowest BCUT2D eigenvalue weighted by Crippen LogP contribution is -2.35. The van der Waals surface area contributed by atoms with Gasteiger partial charge in [0.2, 0.25) is 5.91 Å². The maximum Gasteiger partial charge on any atom is 0.273 e. The van der Waals surface area contributed by atoms with Crippen LogP contribution < -0.4 is 10.2 Å². The van der Waals surface area contributed by atoms with Crippen molar-refractivity contribution >= 4 is 28.9 Å². The molecule has 140 valence electrons. The summed E-state index contributed by atoms with van der Waals surface area (Å²) in [5, 5.41) is 13.9. The van der Waals surface area contributed by atoms with E-state index in [1.807, 2.05) is 13.0 Å². The van der Waals surface area contributed by atoms with Crippen molar-refractivity contribution in [2.75, 3.05) is 16.8 Å². The molecule has 0 fully saturated rings. The molecule has 27 heavy (non-hydrogen) atoms. The molecule has 0 unspecified atom stereocenters. The first-order valence-electron chi connectivity index (χ1n) is 8.91. The van der Waals surface area contributed by atoms with Crippen LogP contribution in [-0.2, 0) is 11.2 Å². The molecule has 3 rings (SSSR count). The molecule has 0 saturated heterocycles. The number of benzene rings is 2. The van der Waals surface area contributed by atoms with Crippen molar-refractivity contribution < 1.29 is 14.5 Å². The molecule has 1 heterocycles. The van der Waals surface area contributed by atoms with Crippen LogP contribution in [0.5, 0.6) is 0 Å². The largest absolute Gasteiger partial charge is 0.322 e. The van der Waals surface area contributed by atoms with Crippen LogP contribution in [0.3, 0.4) is 0 Å². The second kappa shape index (κ2) is 7.57. The lowest BCUT2D eigenvalue weighted by Gasteiger charge is -2.29. The van der Waals surface area contributed by atoms with Crippen LogP contribution >= 0.6 is 0 Å². The van der Waals surface area contributed by atoms with Crippen molar-refractivity contribution in [3.8, 4) is 0 Å². The van der Waals surface area contributed by atoms with Gasteiger partial charge < -0.3 is 10.2 Å². The highest BCUT2D eigenvalue weighted by Crippen LogP contribution is 2.31. The van der Waals surface area contributed by atoms with Crippen molar-refractivity contribution in [1.29, 1.82) is 0 Å². The van der Waals surface area contributed by atoms with Gasteiger partial charge >= 0.3 is 0 Å². The number of rotatable bonds is 4. The average Bonchev–Trinajstić information content (AvgIpc) is 2.66. The quantitative estimate of drug-likeness (QED) is 0.656. The zero-order chi connectivity index (χ0) is 19.6. The first-order valence-corrected chi connectivity index (χ1v) is 8.91. The van der Waals surface area contributed by atoms with Gasteiger partial charge in [-0.05, 0) is 43.5 Å². The number of hydrogen-bond donors (Lipinski definition) is 1. The Kier molecular flexibility index (Phi) is 5.21. The molecule has 7 heteroatoms. The van der Waals surface area contributed by atoms with Crippen molar-refractivity contribution in [2.24, 2.45) is 0 Å².